The molecule has 0 atom stereocenters. The minimum Gasteiger partial charge on any atom is -0.456 e. The first-order valence-electron chi connectivity index (χ1n) is 6.15. The molecule has 5 nitrogen and oxygen atoms in total. The summed E-state index contributed by atoms with van der Waals surface area (Å²) < 4.78 is 78.1. The second kappa shape index (κ2) is 5.89. The highest BCUT2D eigenvalue weighted by molar-refractivity contribution is 7.91. The van der Waals surface area contributed by atoms with Crippen molar-refractivity contribution < 1.29 is 30.4 Å². The molecule has 0 N–H and O–H groups in total. The van der Waals surface area contributed by atoms with E-state index in [1.165, 1.54) is 6.07 Å². The fraction of sp³-hybridized carbons (Fsp3) is 0.143. The minimum absolute atomic E-state index is 0.124. The standard InChI is InChI=1S/C14H12F2O5S2/c1-22(17,18)10-4-6-13(14(8-10)23(2,19)20)21-9-3-5-11(15)12(16)7-9/h3-8H,1-2H3. The number of ether oxygens (including phenoxy) is 1. The van der Waals surface area contributed by atoms with E-state index in [4.69, 9.17) is 4.74 Å². The van der Waals surface area contributed by atoms with Crippen molar-refractivity contribution in [2.45, 2.75) is 9.79 Å². The summed E-state index contributed by atoms with van der Waals surface area (Å²) in [7, 11) is -7.43. The van der Waals surface area contributed by atoms with Crippen molar-refractivity contribution in [1.82, 2.24) is 0 Å². The molecular weight excluding hydrogens is 350 g/mol. The number of benzene rings is 2. The zero-order valence-electron chi connectivity index (χ0n) is 12.1. The van der Waals surface area contributed by atoms with Gasteiger partial charge in [-0.3, -0.25) is 0 Å². The normalized spacial score (nSPS) is 12.2. The quantitative estimate of drug-likeness (QED) is 0.835. The number of hydrogen-bond donors (Lipinski definition) is 0. The summed E-state index contributed by atoms with van der Waals surface area (Å²) in [6.07, 6.45) is 1.82. The van der Waals surface area contributed by atoms with Gasteiger partial charge in [0.15, 0.2) is 31.3 Å². The van der Waals surface area contributed by atoms with E-state index in [1.54, 1.807) is 0 Å². The van der Waals surface area contributed by atoms with Crippen LogP contribution < -0.4 is 4.74 Å². The maximum absolute atomic E-state index is 13.2. The van der Waals surface area contributed by atoms with Gasteiger partial charge in [0, 0.05) is 18.6 Å². The monoisotopic (exact) mass is 362 g/mol. The Hall–Kier alpha value is -2.00. The Bertz CT molecular complexity index is 967. The lowest BCUT2D eigenvalue weighted by atomic mass is 10.3. The SMILES string of the molecule is CS(=O)(=O)c1ccc(Oc2ccc(F)c(F)c2)c(S(C)(=O)=O)c1. The highest BCUT2D eigenvalue weighted by Gasteiger charge is 2.19. The van der Waals surface area contributed by atoms with Gasteiger partial charge >= 0.3 is 0 Å². The summed E-state index contributed by atoms with van der Waals surface area (Å²) in [4.78, 5) is -0.569. The summed E-state index contributed by atoms with van der Waals surface area (Å²) in [5, 5.41) is 0. The van der Waals surface area contributed by atoms with Crippen LogP contribution in [0.2, 0.25) is 0 Å². The smallest absolute Gasteiger partial charge is 0.179 e. The van der Waals surface area contributed by atoms with E-state index in [2.05, 4.69) is 0 Å². The number of sulfone groups is 2. The molecule has 0 saturated heterocycles. The molecule has 124 valence electrons. The van der Waals surface area contributed by atoms with Crippen LogP contribution in [0.3, 0.4) is 0 Å². The Morgan fingerprint density at radius 1 is 0.826 bits per heavy atom. The average molecular weight is 362 g/mol. The molecule has 0 radical (unpaired) electrons. The molecule has 0 heterocycles. The molecule has 23 heavy (non-hydrogen) atoms. The lowest BCUT2D eigenvalue weighted by molar-refractivity contribution is 0.451. The van der Waals surface area contributed by atoms with Gasteiger partial charge in [-0.25, -0.2) is 25.6 Å². The van der Waals surface area contributed by atoms with Crippen molar-refractivity contribution in [2.24, 2.45) is 0 Å². The summed E-state index contributed by atoms with van der Waals surface area (Å²) in [6, 6.07) is 5.98. The molecule has 2 aromatic carbocycles. The van der Waals surface area contributed by atoms with Gasteiger partial charge in [0.05, 0.1) is 4.90 Å². The first-order valence-corrected chi connectivity index (χ1v) is 9.94. The van der Waals surface area contributed by atoms with Gasteiger partial charge in [0.2, 0.25) is 0 Å². The van der Waals surface area contributed by atoms with Crippen LogP contribution in [0.25, 0.3) is 0 Å². The summed E-state index contributed by atoms with van der Waals surface area (Å²) in [6.45, 7) is 0. The van der Waals surface area contributed by atoms with Crippen molar-refractivity contribution in [1.29, 1.82) is 0 Å². The second-order valence-corrected chi connectivity index (χ2v) is 8.83. The molecule has 0 spiro atoms. The first-order chi connectivity index (χ1) is 10.5. The van der Waals surface area contributed by atoms with Crippen LogP contribution in [-0.4, -0.2) is 29.3 Å². The van der Waals surface area contributed by atoms with E-state index in [1.807, 2.05) is 0 Å². The average Bonchev–Trinajstić information content (AvgIpc) is 2.41. The third-order valence-electron chi connectivity index (χ3n) is 2.86. The minimum atomic E-state index is -3.81. The highest BCUT2D eigenvalue weighted by atomic mass is 32.2. The highest BCUT2D eigenvalue weighted by Crippen LogP contribution is 2.31. The molecule has 0 aromatic heterocycles. The van der Waals surface area contributed by atoms with Crippen molar-refractivity contribution in [3.05, 3.63) is 48.0 Å². The van der Waals surface area contributed by atoms with Gasteiger partial charge < -0.3 is 4.74 Å². The van der Waals surface area contributed by atoms with Crippen molar-refractivity contribution in [3.63, 3.8) is 0 Å². The molecular formula is C14H12F2O5S2. The van der Waals surface area contributed by atoms with Gasteiger partial charge in [-0.05, 0) is 30.3 Å². The van der Waals surface area contributed by atoms with Gasteiger partial charge in [-0.15, -0.1) is 0 Å². The predicted octanol–water partition coefficient (Wildman–Crippen LogP) is 2.56. The summed E-state index contributed by atoms with van der Waals surface area (Å²) in [5.74, 6) is -2.55. The van der Waals surface area contributed by atoms with Gasteiger partial charge in [0.1, 0.15) is 16.4 Å². The largest absolute Gasteiger partial charge is 0.456 e. The van der Waals surface area contributed by atoms with E-state index in [0.29, 0.717) is 0 Å². The maximum atomic E-state index is 13.2. The molecule has 0 aliphatic heterocycles. The molecule has 0 fully saturated rings. The van der Waals surface area contributed by atoms with Gasteiger partial charge in [-0.1, -0.05) is 0 Å². The third kappa shape index (κ3) is 4.05. The molecule has 9 heteroatoms. The predicted molar refractivity (Wildman–Crippen MR) is 79.1 cm³/mol. The first kappa shape index (κ1) is 17.4. The molecule has 0 aliphatic carbocycles. The second-order valence-electron chi connectivity index (χ2n) is 4.83. The lowest BCUT2D eigenvalue weighted by Crippen LogP contribution is -2.04. The topological polar surface area (TPSA) is 77.5 Å². The Morgan fingerprint density at radius 2 is 1.48 bits per heavy atom. The number of halogens is 2. The maximum Gasteiger partial charge on any atom is 0.179 e. The van der Waals surface area contributed by atoms with Gasteiger partial charge in [-0.2, -0.15) is 0 Å². The molecule has 0 aliphatic rings. The van der Waals surface area contributed by atoms with Crippen molar-refractivity contribution in [3.8, 4) is 11.5 Å². The fourth-order valence-electron chi connectivity index (χ4n) is 1.76. The zero-order valence-corrected chi connectivity index (χ0v) is 13.7. The van der Waals surface area contributed by atoms with Crippen LogP contribution in [0.4, 0.5) is 8.78 Å². The zero-order chi connectivity index (χ0) is 17.4. The van der Waals surface area contributed by atoms with Crippen LogP contribution in [-0.2, 0) is 19.7 Å². The molecule has 0 unspecified atom stereocenters. The Labute approximate surface area is 132 Å². The number of hydrogen-bond acceptors (Lipinski definition) is 5. The van der Waals surface area contributed by atoms with E-state index in [0.717, 1.165) is 42.8 Å². The van der Waals surface area contributed by atoms with Crippen LogP contribution >= 0.6 is 0 Å². The molecule has 0 bridgehead atoms. The van der Waals surface area contributed by atoms with Crippen molar-refractivity contribution in [2.75, 3.05) is 12.5 Å². The van der Waals surface area contributed by atoms with Gasteiger partial charge in [0.25, 0.3) is 0 Å². The third-order valence-corrected chi connectivity index (χ3v) is 5.09. The summed E-state index contributed by atoms with van der Waals surface area (Å²) in [5.41, 5.74) is 0. The van der Waals surface area contributed by atoms with Crippen molar-refractivity contribution >= 4 is 19.7 Å². The molecule has 2 rings (SSSR count). The lowest BCUT2D eigenvalue weighted by Gasteiger charge is -2.11. The molecule has 0 saturated carbocycles. The van der Waals surface area contributed by atoms with E-state index in [9.17, 15) is 25.6 Å². The van der Waals surface area contributed by atoms with E-state index >= 15 is 0 Å². The Morgan fingerprint density at radius 3 is 2.00 bits per heavy atom. The molecule has 2 aromatic rings. The van der Waals surface area contributed by atoms with E-state index < -0.39 is 31.3 Å². The van der Waals surface area contributed by atoms with E-state index in [-0.39, 0.29) is 21.3 Å². The van der Waals surface area contributed by atoms with Crippen LogP contribution in [0.5, 0.6) is 11.5 Å². The van der Waals surface area contributed by atoms with Crippen LogP contribution in [0.1, 0.15) is 0 Å². The summed E-state index contributed by atoms with van der Waals surface area (Å²) >= 11 is 0. The number of rotatable bonds is 4. The van der Waals surface area contributed by atoms with Crippen LogP contribution in [0.15, 0.2) is 46.2 Å². The Balaban J connectivity index is 2.56. The van der Waals surface area contributed by atoms with Crippen LogP contribution in [0, 0.1) is 11.6 Å². The molecule has 0 amide bonds. The Kier molecular flexibility index (Phi) is 4.45. The fourth-order valence-corrected chi connectivity index (χ4v) is 3.30.